The van der Waals surface area contributed by atoms with Gasteiger partial charge in [0.05, 0.1) is 17.6 Å². The van der Waals surface area contributed by atoms with Crippen molar-refractivity contribution in [1.82, 2.24) is 9.55 Å². The first kappa shape index (κ1) is 18.1. The Labute approximate surface area is 171 Å². The summed E-state index contributed by atoms with van der Waals surface area (Å²) < 4.78 is 9.20. The lowest BCUT2D eigenvalue weighted by molar-refractivity contribution is 0.300. The van der Waals surface area contributed by atoms with Gasteiger partial charge in [0, 0.05) is 15.1 Å². The summed E-state index contributed by atoms with van der Waals surface area (Å²) in [6.07, 6.45) is 0. The number of benzene rings is 3. The number of halogens is 2. The third kappa shape index (κ3) is 3.87. The largest absolute Gasteiger partial charge is 0.492 e. The Bertz CT molecular complexity index is 1110. The highest BCUT2D eigenvalue weighted by molar-refractivity contribution is 9.10. The first-order chi connectivity index (χ1) is 13.1. The van der Waals surface area contributed by atoms with Crippen molar-refractivity contribution in [3.05, 3.63) is 81.8 Å². The summed E-state index contributed by atoms with van der Waals surface area (Å²) in [5.41, 5.74) is 4.16. The molecule has 0 bridgehead atoms. The van der Waals surface area contributed by atoms with Gasteiger partial charge in [0.1, 0.15) is 18.2 Å². The Morgan fingerprint density at radius 1 is 1.04 bits per heavy atom. The molecule has 27 heavy (non-hydrogen) atoms. The molecule has 0 radical (unpaired) electrons. The van der Waals surface area contributed by atoms with Crippen molar-refractivity contribution in [2.45, 2.75) is 13.5 Å². The lowest BCUT2D eigenvalue weighted by Gasteiger charge is -2.12. The molecule has 5 heteroatoms. The van der Waals surface area contributed by atoms with E-state index in [0.717, 1.165) is 43.2 Å². The van der Waals surface area contributed by atoms with E-state index < -0.39 is 0 Å². The Morgan fingerprint density at radius 3 is 2.70 bits per heavy atom. The van der Waals surface area contributed by atoms with E-state index in [0.29, 0.717) is 13.2 Å². The molecule has 0 amide bonds. The molecule has 1 heterocycles. The molecule has 0 aliphatic heterocycles. The van der Waals surface area contributed by atoms with Gasteiger partial charge < -0.3 is 9.30 Å². The van der Waals surface area contributed by atoms with Gasteiger partial charge in [-0.15, -0.1) is 0 Å². The second-order valence-electron chi connectivity index (χ2n) is 6.35. The Kier molecular flexibility index (Phi) is 5.19. The third-order valence-electron chi connectivity index (χ3n) is 4.45. The number of aryl methyl sites for hydroxylation is 1. The minimum Gasteiger partial charge on any atom is -0.492 e. The first-order valence-electron chi connectivity index (χ1n) is 8.72. The van der Waals surface area contributed by atoms with Crippen molar-refractivity contribution in [1.29, 1.82) is 0 Å². The van der Waals surface area contributed by atoms with Gasteiger partial charge in [-0.2, -0.15) is 0 Å². The molecule has 0 N–H and O–H groups in total. The van der Waals surface area contributed by atoms with Crippen LogP contribution >= 0.6 is 27.5 Å². The van der Waals surface area contributed by atoms with Gasteiger partial charge in [0.15, 0.2) is 0 Å². The number of imidazole rings is 1. The van der Waals surface area contributed by atoms with Crippen molar-refractivity contribution >= 4 is 38.6 Å². The third-order valence-corrected chi connectivity index (χ3v) is 5.37. The summed E-state index contributed by atoms with van der Waals surface area (Å²) in [4.78, 5) is 4.84. The highest BCUT2D eigenvalue weighted by Crippen LogP contribution is 2.27. The highest BCUT2D eigenvalue weighted by Gasteiger charge is 2.12. The molecule has 4 rings (SSSR count). The van der Waals surface area contributed by atoms with E-state index in [1.54, 1.807) is 0 Å². The van der Waals surface area contributed by atoms with Crippen molar-refractivity contribution in [3.63, 3.8) is 0 Å². The fraction of sp³-hybridized carbons (Fsp3) is 0.136. The van der Waals surface area contributed by atoms with Crippen LogP contribution in [0.4, 0.5) is 0 Å². The highest BCUT2D eigenvalue weighted by atomic mass is 79.9. The Hall–Kier alpha value is -2.30. The normalized spacial score (nSPS) is 11.1. The van der Waals surface area contributed by atoms with E-state index in [2.05, 4.69) is 38.7 Å². The average Bonchev–Trinajstić information content (AvgIpc) is 3.03. The van der Waals surface area contributed by atoms with Crippen LogP contribution in [0.2, 0.25) is 5.02 Å². The number of aromatic nitrogens is 2. The van der Waals surface area contributed by atoms with Gasteiger partial charge in [0.25, 0.3) is 0 Å². The van der Waals surface area contributed by atoms with E-state index in [9.17, 15) is 0 Å². The molecule has 4 aromatic rings. The fourth-order valence-corrected chi connectivity index (χ4v) is 3.63. The summed E-state index contributed by atoms with van der Waals surface area (Å²) in [5, 5.41) is 0.750. The Morgan fingerprint density at radius 2 is 1.89 bits per heavy atom. The SMILES string of the molecule is Cc1cc(OCCn2c(-c3cccc(Br)c3)nc3ccccc32)ccc1Cl. The summed E-state index contributed by atoms with van der Waals surface area (Å²) in [6, 6.07) is 22.1. The molecule has 1 aromatic heterocycles. The van der Waals surface area contributed by atoms with Gasteiger partial charge in [-0.3, -0.25) is 0 Å². The lowest BCUT2D eigenvalue weighted by atomic mass is 10.2. The maximum absolute atomic E-state index is 6.09. The molecular formula is C22H18BrClN2O. The van der Waals surface area contributed by atoms with Crippen molar-refractivity contribution in [2.24, 2.45) is 0 Å². The van der Waals surface area contributed by atoms with Crippen LogP contribution in [0.3, 0.4) is 0 Å². The predicted octanol–water partition coefficient (Wildman–Crippen LogP) is 6.51. The lowest BCUT2D eigenvalue weighted by Crippen LogP contribution is -2.09. The van der Waals surface area contributed by atoms with Crippen LogP contribution in [0, 0.1) is 6.92 Å². The molecule has 0 saturated carbocycles. The monoisotopic (exact) mass is 440 g/mol. The fourth-order valence-electron chi connectivity index (χ4n) is 3.11. The van der Waals surface area contributed by atoms with Crippen molar-refractivity contribution in [3.8, 4) is 17.1 Å². The minimum absolute atomic E-state index is 0.544. The molecule has 3 aromatic carbocycles. The van der Waals surface area contributed by atoms with Crippen LogP contribution in [0.25, 0.3) is 22.4 Å². The maximum atomic E-state index is 6.09. The number of rotatable bonds is 5. The minimum atomic E-state index is 0.544. The van der Waals surface area contributed by atoms with Crippen LogP contribution in [-0.4, -0.2) is 16.2 Å². The van der Waals surface area contributed by atoms with Crippen LogP contribution in [-0.2, 0) is 6.54 Å². The number of hydrogen-bond donors (Lipinski definition) is 0. The van der Waals surface area contributed by atoms with Crippen LogP contribution < -0.4 is 4.74 Å². The molecule has 0 aliphatic rings. The summed E-state index contributed by atoms with van der Waals surface area (Å²) in [7, 11) is 0. The predicted molar refractivity (Wildman–Crippen MR) is 115 cm³/mol. The Balaban J connectivity index is 1.63. The molecule has 0 unspecified atom stereocenters. The number of nitrogens with zero attached hydrogens (tertiary/aromatic N) is 2. The van der Waals surface area contributed by atoms with Gasteiger partial charge in [-0.1, -0.05) is 51.8 Å². The van der Waals surface area contributed by atoms with Gasteiger partial charge >= 0.3 is 0 Å². The van der Waals surface area contributed by atoms with E-state index >= 15 is 0 Å². The topological polar surface area (TPSA) is 27.1 Å². The zero-order valence-corrected chi connectivity index (χ0v) is 17.2. The molecule has 3 nitrogen and oxygen atoms in total. The van der Waals surface area contributed by atoms with E-state index in [4.69, 9.17) is 21.3 Å². The summed E-state index contributed by atoms with van der Waals surface area (Å²) in [6.45, 7) is 3.22. The van der Waals surface area contributed by atoms with Gasteiger partial charge in [0.2, 0.25) is 0 Å². The average molecular weight is 442 g/mol. The molecule has 0 atom stereocenters. The second kappa shape index (κ2) is 7.75. The first-order valence-corrected chi connectivity index (χ1v) is 9.89. The van der Waals surface area contributed by atoms with Crippen molar-refractivity contribution < 1.29 is 4.74 Å². The summed E-state index contributed by atoms with van der Waals surface area (Å²) >= 11 is 9.64. The zero-order chi connectivity index (χ0) is 18.8. The quantitative estimate of drug-likeness (QED) is 0.353. The van der Waals surface area contributed by atoms with E-state index in [-0.39, 0.29) is 0 Å². The van der Waals surface area contributed by atoms with Crippen LogP contribution in [0.15, 0.2) is 71.2 Å². The molecule has 0 spiro atoms. The molecule has 136 valence electrons. The molecule has 0 saturated heterocycles. The molecule has 0 aliphatic carbocycles. The number of para-hydroxylation sites is 2. The van der Waals surface area contributed by atoms with E-state index in [1.165, 1.54) is 0 Å². The number of hydrogen-bond acceptors (Lipinski definition) is 2. The van der Waals surface area contributed by atoms with Crippen LogP contribution in [0.5, 0.6) is 5.75 Å². The van der Waals surface area contributed by atoms with E-state index in [1.807, 2.05) is 55.5 Å². The standard InChI is InChI=1S/C22H18BrClN2O/c1-15-13-18(9-10-19(15)24)27-12-11-26-21-8-3-2-7-20(21)25-22(26)16-5-4-6-17(23)14-16/h2-10,13-14H,11-12H2,1H3. The van der Waals surface area contributed by atoms with Gasteiger partial charge in [-0.25, -0.2) is 4.98 Å². The second-order valence-corrected chi connectivity index (χ2v) is 7.67. The van der Waals surface area contributed by atoms with Crippen molar-refractivity contribution in [2.75, 3.05) is 6.61 Å². The summed E-state index contributed by atoms with van der Waals surface area (Å²) in [5.74, 6) is 1.76. The van der Waals surface area contributed by atoms with Gasteiger partial charge in [-0.05, 0) is 55.0 Å². The smallest absolute Gasteiger partial charge is 0.141 e. The molecule has 0 fully saturated rings. The maximum Gasteiger partial charge on any atom is 0.141 e. The molecular weight excluding hydrogens is 424 g/mol. The zero-order valence-electron chi connectivity index (χ0n) is 14.8. The number of fused-ring (bicyclic) bond motifs is 1. The number of ether oxygens (including phenoxy) is 1. The van der Waals surface area contributed by atoms with Crippen LogP contribution in [0.1, 0.15) is 5.56 Å².